The van der Waals surface area contributed by atoms with Crippen molar-refractivity contribution in [3.8, 4) is 0 Å². The van der Waals surface area contributed by atoms with Gasteiger partial charge in [0.05, 0.1) is 11.0 Å². The minimum Gasteiger partial charge on any atom is -0.315 e. The third-order valence-corrected chi connectivity index (χ3v) is 2.05. The Hall–Kier alpha value is 0.290. The Bertz CT molecular complexity index is 145. The second-order valence-electron chi connectivity index (χ2n) is 2.19. The minimum absolute atomic E-state index is 0.00645. The summed E-state index contributed by atoms with van der Waals surface area (Å²) in [6.45, 7) is 3.55. The van der Waals surface area contributed by atoms with Gasteiger partial charge in [-0.2, -0.15) is 8.78 Å². The third-order valence-electron chi connectivity index (χ3n) is 1.16. The Morgan fingerprint density at radius 3 is 2.55 bits per heavy atom. The molecular formula is C7H11F2IO. The average molecular weight is 276 g/mol. The molecule has 0 spiro atoms. The number of allylic oxidation sites excluding steroid dienone is 1. The molecule has 0 atom stereocenters. The normalized spacial score (nSPS) is 13.7. The Labute approximate surface area is 78.9 Å². The van der Waals surface area contributed by atoms with Gasteiger partial charge in [0.15, 0.2) is 0 Å². The summed E-state index contributed by atoms with van der Waals surface area (Å²) < 4.78 is 28.8. The fourth-order valence-electron chi connectivity index (χ4n) is 0.341. The van der Waals surface area contributed by atoms with Crippen LogP contribution in [0, 0.1) is 0 Å². The van der Waals surface area contributed by atoms with E-state index in [1.54, 1.807) is 42.5 Å². The van der Waals surface area contributed by atoms with Gasteiger partial charge in [-0.05, 0) is 13.8 Å². The highest BCUT2D eigenvalue weighted by Crippen LogP contribution is 2.18. The topological polar surface area (TPSA) is 9.23 Å². The Morgan fingerprint density at radius 2 is 2.18 bits per heavy atom. The maximum Gasteiger partial charge on any atom is 0.364 e. The molecule has 0 radical (unpaired) electrons. The Morgan fingerprint density at radius 1 is 1.64 bits per heavy atom. The summed E-state index contributed by atoms with van der Waals surface area (Å²) in [5.41, 5.74) is 0.814. The van der Waals surface area contributed by atoms with Crippen molar-refractivity contribution in [1.82, 2.24) is 0 Å². The molecule has 0 aliphatic carbocycles. The average Bonchev–Trinajstić information content (AvgIpc) is 2.00. The second-order valence-corrected chi connectivity index (χ2v) is 2.96. The van der Waals surface area contributed by atoms with Crippen LogP contribution in [0.15, 0.2) is 11.6 Å². The van der Waals surface area contributed by atoms with Gasteiger partial charge in [-0.25, -0.2) is 0 Å². The largest absolute Gasteiger partial charge is 0.364 e. The van der Waals surface area contributed by atoms with Gasteiger partial charge in [0.1, 0.15) is 0 Å². The van der Waals surface area contributed by atoms with E-state index in [4.69, 9.17) is 0 Å². The highest BCUT2D eigenvalue weighted by molar-refractivity contribution is 14.1. The lowest BCUT2D eigenvalue weighted by atomic mass is 10.3. The predicted molar refractivity (Wildman–Crippen MR) is 49.2 cm³/mol. The number of hydrogen-bond donors (Lipinski definition) is 0. The van der Waals surface area contributed by atoms with Crippen molar-refractivity contribution in [2.75, 3.05) is 11.0 Å². The summed E-state index contributed by atoms with van der Waals surface area (Å²) in [6, 6.07) is 0. The molecule has 0 aromatic rings. The Kier molecular flexibility index (Phi) is 5.16. The molecule has 0 saturated heterocycles. The molecule has 0 bridgehead atoms. The lowest BCUT2D eigenvalue weighted by Crippen LogP contribution is -2.23. The molecule has 0 aliphatic rings. The zero-order valence-electron chi connectivity index (χ0n) is 6.53. The molecule has 0 fully saturated rings. The van der Waals surface area contributed by atoms with E-state index in [0.717, 1.165) is 5.57 Å². The smallest absolute Gasteiger partial charge is 0.315 e. The van der Waals surface area contributed by atoms with Crippen molar-refractivity contribution >= 4 is 22.6 Å². The van der Waals surface area contributed by atoms with Gasteiger partial charge in [0.25, 0.3) is 0 Å². The van der Waals surface area contributed by atoms with Gasteiger partial charge in [-0.3, -0.25) is 0 Å². The molecular weight excluding hydrogens is 265 g/mol. The monoisotopic (exact) mass is 276 g/mol. The van der Waals surface area contributed by atoms with Crippen LogP contribution in [0.1, 0.15) is 13.8 Å². The van der Waals surface area contributed by atoms with Crippen LogP contribution in [0.3, 0.4) is 0 Å². The lowest BCUT2D eigenvalue weighted by molar-refractivity contribution is -0.212. The first-order chi connectivity index (χ1) is 5.02. The maximum atomic E-state index is 12.4. The van der Waals surface area contributed by atoms with Gasteiger partial charge in [0, 0.05) is 0 Å². The third kappa shape index (κ3) is 5.55. The first-order valence-electron chi connectivity index (χ1n) is 3.21. The number of rotatable bonds is 4. The summed E-state index contributed by atoms with van der Waals surface area (Å²) in [5.74, 6) is 0. The second kappa shape index (κ2) is 5.03. The van der Waals surface area contributed by atoms with Gasteiger partial charge in [0.2, 0.25) is 0 Å². The molecule has 0 saturated carbocycles. The molecule has 0 heterocycles. The van der Waals surface area contributed by atoms with Gasteiger partial charge in [-0.15, -0.1) is 0 Å². The summed E-state index contributed by atoms with van der Waals surface area (Å²) >= 11 is 1.59. The first-order valence-corrected chi connectivity index (χ1v) is 4.74. The number of ether oxygens (including phenoxy) is 1. The van der Waals surface area contributed by atoms with Gasteiger partial charge < -0.3 is 4.74 Å². The molecule has 11 heavy (non-hydrogen) atoms. The lowest BCUT2D eigenvalue weighted by Gasteiger charge is -2.13. The van der Waals surface area contributed by atoms with E-state index in [9.17, 15) is 8.78 Å². The van der Waals surface area contributed by atoms with E-state index in [1.807, 2.05) is 0 Å². The first kappa shape index (κ1) is 11.3. The van der Waals surface area contributed by atoms with Crippen molar-refractivity contribution in [3.05, 3.63) is 11.6 Å². The van der Waals surface area contributed by atoms with Crippen molar-refractivity contribution in [3.63, 3.8) is 0 Å². The van der Waals surface area contributed by atoms with Crippen LogP contribution in [0.2, 0.25) is 0 Å². The van der Waals surface area contributed by atoms with Crippen molar-refractivity contribution < 1.29 is 13.5 Å². The van der Waals surface area contributed by atoms with Crippen LogP contribution >= 0.6 is 22.6 Å². The van der Waals surface area contributed by atoms with Crippen LogP contribution in [0.4, 0.5) is 8.78 Å². The molecule has 0 aromatic carbocycles. The summed E-state index contributed by atoms with van der Waals surface area (Å²) in [4.78, 5) is 0. The van der Waals surface area contributed by atoms with Crippen molar-refractivity contribution in [2.45, 2.75) is 20.0 Å². The number of hydrogen-bond acceptors (Lipinski definition) is 1. The number of halogens is 3. The van der Waals surface area contributed by atoms with E-state index in [1.165, 1.54) is 0 Å². The van der Waals surface area contributed by atoms with E-state index < -0.39 is 6.11 Å². The highest BCUT2D eigenvalue weighted by Gasteiger charge is 2.27. The molecule has 1 nitrogen and oxygen atoms in total. The van der Waals surface area contributed by atoms with Crippen LogP contribution in [0.5, 0.6) is 0 Å². The van der Waals surface area contributed by atoms with Crippen LogP contribution in [-0.4, -0.2) is 17.1 Å². The van der Waals surface area contributed by atoms with E-state index in [2.05, 4.69) is 4.74 Å². The Balaban J connectivity index is 3.70. The fourth-order valence-corrected chi connectivity index (χ4v) is 0.562. The minimum atomic E-state index is -2.98. The zero-order valence-corrected chi connectivity index (χ0v) is 8.69. The quantitative estimate of drug-likeness (QED) is 0.435. The molecule has 0 rings (SSSR count). The van der Waals surface area contributed by atoms with E-state index in [0.29, 0.717) is 0 Å². The summed E-state index contributed by atoms with van der Waals surface area (Å²) in [7, 11) is 0. The van der Waals surface area contributed by atoms with Gasteiger partial charge in [-0.1, -0.05) is 34.2 Å². The van der Waals surface area contributed by atoms with E-state index >= 15 is 0 Å². The van der Waals surface area contributed by atoms with Crippen LogP contribution in [-0.2, 0) is 4.74 Å². The van der Waals surface area contributed by atoms with Crippen LogP contribution in [0.25, 0.3) is 0 Å². The van der Waals surface area contributed by atoms with E-state index in [-0.39, 0.29) is 11.0 Å². The summed E-state index contributed by atoms with van der Waals surface area (Å²) in [6.07, 6.45) is -1.23. The molecule has 0 unspecified atom stereocenters. The van der Waals surface area contributed by atoms with Gasteiger partial charge >= 0.3 is 6.11 Å². The number of alkyl halides is 3. The van der Waals surface area contributed by atoms with Crippen molar-refractivity contribution in [2.24, 2.45) is 0 Å². The highest BCUT2D eigenvalue weighted by atomic mass is 127. The predicted octanol–water partition coefficient (Wildman–Crippen LogP) is 3.00. The fraction of sp³-hybridized carbons (Fsp3) is 0.714. The zero-order chi connectivity index (χ0) is 8.91. The molecule has 0 aromatic heterocycles. The molecule has 0 aliphatic heterocycles. The van der Waals surface area contributed by atoms with Crippen molar-refractivity contribution in [1.29, 1.82) is 0 Å². The molecule has 66 valence electrons. The standard InChI is InChI=1S/C7H11F2IO/c1-3-6(2)4-11-7(8,9)5-10/h3H,4-5H2,1-2H3/b6-3+. The molecule has 0 amide bonds. The maximum absolute atomic E-state index is 12.4. The van der Waals surface area contributed by atoms with Crippen LogP contribution < -0.4 is 0 Å². The SMILES string of the molecule is C/C=C(\C)COC(F)(F)CI. The summed E-state index contributed by atoms with van der Waals surface area (Å²) in [5, 5.41) is 0. The molecule has 0 N–H and O–H groups in total. The molecule has 4 heteroatoms.